The van der Waals surface area contributed by atoms with E-state index in [0.29, 0.717) is 12.3 Å². The molecule has 1 atom stereocenters. The summed E-state index contributed by atoms with van der Waals surface area (Å²) < 4.78 is 36.0. The van der Waals surface area contributed by atoms with Crippen molar-refractivity contribution >= 4 is 16.4 Å². The molecule has 8 heteroatoms. The van der Waals surface area contributed by atoms with Crippen molar-refractivity contribution in [1.29, 1.82) is 0 Å². The van der Waals surface area contributed by atoms with Crippen LogP contribution in [0.1, 0.15) is 20.3 Å². The fourth-order valence-corrected chi connectivity index (χ4v) is 0.755. The Hall–Kier alpha value is -0.700. The zero-order valence-electron chi connectivity index (χ0n) is 8.87. The van der Waals surface area contributed by atoms with E-state index in [0.717, 1.165) is 0 Å². The molecule has 92 valence electrons. The van der Waals surface area contributed by atoms with Gasteiger partial charge < -0.3 is 10.5 Å². The molecule has 4 N–H and O–H groups in total. The summed E-state index contributed by atoms with van der Waals surface area (Å²) in [6.45, 7) is 4.03. The van der Waals surface area contributed by atoms with Crippen LogP contribution in [0.3, 0.4) is 0 Å². The van der Waals surface area contributed by atoms with Gasteiger partial charge in [0.15, 0.2) is 0 Å². The highest BCUT2D eigenvalue weighted by Crippen LogP contribution is 2.02. The van der Waals surface area contributed by atoms with Gasteiger partial charge in [-0.25, -0.2) is 0 Å². The molecular weight excluding hydrogens is 226 g/mol. The van der Waals surface area contributed by atoms with Crippen molar-refractivity contribution in [1.82, 2.24) is 0 Å². The van der Waals surface area contributed by atoms with Crippen molar-refractivity contribution in [2.75, 3.05) is 7.11 Å². The average molecular weight is 243 g/mol. The lowest BCUT2D eigenvalue weighted by Gasteiger charge is -2.10. The Bertz CT molecular complexity index is 265. The molecule has 0 spiro atoms. The fraction of sp³-hybridized carbons (Fsp3) is 0.857. The summed E-state index contributed by atoms with van der Waals surface area (Å²) in [7, 11) is -3.32. The number of hydrogen-bond donors (Lipinski definition) is 3. The third-order valence-electron chi connectivity index (χ3n) is 1.23. The third kappa shape index (κ3) is 19.6. The summed E-state index contributed by atoms with van der Waals surface area (Å²) in [4.78, 5) is 10.7. The minimum Gasteiger partial charge on any atom is -0.468 e. The molecule has 0 saturated carbocycles. The number of esters is 1. The minimum absolute atomic E-state index is 0.325. The SMILES string of the molecule is COC(=O)[C@@H](N)CC(C)C.O=S(=O)(O)O. The van der Waals surface area contributed by atoms with Crippen LogP contribution in [0.15, 0.2) is 0 Å². The van der Waals surface area contributed by atoms with Crippen LogP contribution in [0.25, 0.3) is 0 Å². The van der Waals surface area contributed by atoms with E-state index in [1.54, 1.807) is 0 Å². The summed E-state index contributed by atoms with van der Waals surface area (Å²) in [6, 6.07) is -0.454. The highest BCUT2D eigenvalue weighted by atomic mass is 32.3. The molecule has 0 saturated heterocycles. The summed E-state index contributed by atoms with van der Waals surface area (Å²) in [5, 5.41) is 0. The molecule has 0 radical (unpaired) electrons. The number of carbonyl (C=O) groups is 1. The first-order chi connectivity index (χ1) is 6.57. The van der Waals surface area contributed by atoms with E-state index >= 15 is 0 Å². The highest BCUT2D eigenvalue weighted by Gasteiger charge is 2.14. The van der Waals surface area contributed by atoms with Crippen molar-refractivity contribution in [3.8, 4) is 0 Å². The molecule has 0 aliphatic carbocycles. The van der Waals surface area contributed by atoms with Crippen LogP contribution < -0.4 is 5.73 Å². The maximum atomic E-state index is 10.7. The van der Waals surface area contributed by atoms with Gasteiger partial charge in [0.25, 0.3) is 0 Å². The number of hydrogen-bond acceptors (Lipinski definition) is 5. The molecule has 0 aromatic carbocycles. The lowest BCUT2D eigenvalue weighted by Crippen LogP contribution is -2.32. The quantitative estimate of drug-likeness (QED) is 0.465. The average Bonchev–Trinajstić information content (AvgIpc) is 1.98. The standard InChI is InChI=1S/C7H15NO2.H2O4S/c1-5(2)4-6(8)7(9)10-3;1-5(2,3)4/h5-6H,4,8H2,1-3H3;(H2,1,2,3,4)/t6-;/m0./s1. The van der Waals surface area contributed by atoms with Crippen LogP contribution in [-0.2, 0) is 19.9 Å². The van der Waals surface area contributed by atoms with Gasteiger partial charge >= 0.3 is 16.4 Å². The molecular formula is C7H17NO6S. The van der Waals surface area contributed by atoms with Gasteiger partial charge in [-0.05, 0) is 12.3 Å². The van der Waals surface area contributed by atoms with Gasteiger partial charge in [-0.2, -0.15) is 8.42 Å². The largest absolute Gasteiger partial charge is 0.468 e. The number of nitrogens with two attached hydrogens (primary N) is 1. The molecule has 0 aromatic rings. The molecule has 0 aliphatic heterocycles. The summed E-state index contributed by atoms with van der Waals surface area (Å²) in [5.41, 5.74) is 5.45. The van der Waals surface area contributed by atoms with Crippen molar-refractivity contribution in [3.63, 3.8) is 0 Å². The number of rotatable bonds is 3. The van der Waals surface area contributed by atoms with E-state index < -0.39 is 16.4 Å². The van der Waals surface area contributed by atoms with E-state index in [2.05, 4.69) is 4.74 Å². The van der Waals surface area contributed by atoms with E-state index in [1.165, 1.54) is 7.11 Å². The molecule has 0 aliphatic rings. The lowest BCUT2D eigenvalue weighted by molar-refractivity contribution is -0.142. The topological polar surface area (TPSA) is 127 Å². The van der Waals surface area contributed by atoms with Gasteiger partial charge in [0.2, 0.25) is 0 Å². The van der Waals surface area contributed by atoms with Crippen molar-refractivity contribution in [2.45, 2.75) is 26.3 Å². The minimum atomic E-state index is -4.67. The Balaban J connectivity index is 0. The van der Waals surface area contributed by atoms with Crippen LogP contribution in [0, 0.1) is 5.92 Å². The van der Waals surface area contributed by atoms with Crippen LogP contribution in [0.2, 0.25) is 0 Å². The number of methoxy groups -OCH3 is 1. The van der Waals surface area contributed by atoms with E-state index in [1.807, 2.05) is 13.8 Å². The third-order valence-corrected chi connectivity index (χ3v) is 1.23. The van der Waals surface area contributed by atoms with Crippen molar-refractivity contribution < 1.29 is 27.1 Å². The second-order valence-corrected chi connectivity index (χ2v) is 4.10. The Morgan fingerprint density at radius 3 is 1.93 bits per heavy atom. The Morgan fingerprint density at radius 1 is 1.40 bits per heavy atom. The maximum Gasteiger partial charge on any atom is 0.394 e. The Kier molecular flexibility index (Phi) is 8.44. The Labute approximate surface area is 89.2 Å². The summed E-state index contributed by atoms with van der Waals surface area (Å²) in [6.07, 6.45) is 0.687. The first-order valence-corrected chi connectivity index (χ1v) is 5.51. The molecule has 0 heterocycles. The van der Waals surface area contributed by atoms with Crippen molar-refractivity contribution in [2.24, 2.45) is 11.7 Å². The second-order valence-electron chi connectivity index (χ2n) is 3.21. The molecule has 15 heavy (non-hydrogen) atoms. The maximum absolute atomic E-state index is 10.7. The van der Waals surface area contributed by atoms with E-state index in [4.69, 9.17) is 23.3 Å². The van der Waals surface area contributed by atoms with Gasteiger partial charge in [0, 0.05) is 0 Å². The zero-order chi connectivity index (χ0) is 12.6. The summed E-state index contributed by atoms with van der Waals surface area (Å²) >= 11 is 0. The molecule has 0 rings (SSSR count). The highest BCUT2D eigenvalue weighted by molar-refractivity contribution is 7.79. The molecule has 0 fully saturated rings. The number of carbonyl (C=O) groups excluding carboxylic acids is 1. The van der Waals surface area contributed by atoms with E-state index in [9.17, 15) is 4.79 Å². The van der Waals surface area contributed by atoms with Gasteiger partial charge in [0.1, 0.15) is 6.04 Å². The Morgan fingerprint density at radius 2 is 1.73 bits per heavy atom. The number of ether oxygens (including phenoxy) is 1. The molecule has 0 amide bonds. The summed E-state index contributed by atoms with van der Waals surface area (Å²) in [5.74, 6) is 0.114. The van der Waals surface area contributed by atoms with Crippen molar-refractivity contribution in [3.05, 3.63) is 0 Å². The first kappa shape index (κ1) is 16.7. The van der Waals surface area contributed by atoms with Crippen LogP contribution in [0.5, 0.6) is 0 Å². The zero-order valence-corrected chi connectivity index (χ0v) is 9.69. The van der Waals surface area contributed by atoms with Crippen LogP contribution in [-0.4, -0.2) is 36.6 Å². The van der Waals surface area contributed by atoms with Gasteiger partial charge in [-0.3, -0.25) is 13.9 Å². The monoisotopic (exact) mass is 243 g/mol. The predicted molar refractivity (Wildman–Crippen MR) is 53.6 cm³/mol. The van der Waals surface area contributed by atoms with Gasteiger partial charge in [0.05, 0.1) is 7.11 Å². The fourth-order valence-electron chi connectivity index (χ4n) is 0.755. The van der Waals surface area contributed by atoms with Gasteiger partial charge in [-0.15, -0.1) is 0 Å². The smallest absolute Gasteiger partial charge is 0.394 e. The molecule has 0 unspecified atom stereocenters. The van der Waals surface area contributed by atoms with E-state index in [-0.39, 0.29) is 5.97 Å². The van der Waals surface area contributed by atoms with Crippen LogP contribution >= 0.6 is 0 Å². The molecule has 7 nitrogen and oxygen atoms in total. The normalized spacial score (nSPS) is 12.7. The molecule has 0 bridgehead atoms. The predicted octanol–water partition coefficient (Wildman–Crippen LogP) is -0.120. The van der Waals surface area contributed by atoms with Gasteiger partial charge in [-0.1, -0.05) is 13.8 Å². The molecule has 0 aromatic heterocycles. The lowest BCUT2D eigenvalue weighted by atomic mass is 10.1. The van der Waals surface area contributed by atoms with Crippen LogP contribution in [0.4, 0.5) is 0 Å². The second kappa shape index (κ2) is 7.57. The first-order valence-electron chi connectivity index (χ1n) is 4.11.